The number of benzene rings is 1. The molecular formula is C18H20N4O5. The van der Waals surface area contributed by atoms with Crippen molar-refractivity contribution in [3.8, 4) is 11.5 Å². The van der Waals surface area contributed by atoms with E-state index in [-0.39, 0.29) is 16.9 Å². The topological polar surface area (TPSA) is 97.4 Å². The summed E-state index contributed by atoms with van der Waals surface area (Å²) < 4.78 is 14.2. The minimum absolute atomic E-state index is 0.195. The number of carbonyl (C=O) groups excluding carboxylic acids is 1. The second-order valence-electron chi connectivity index (χ2n) is 6.14. The molecular weight excluding hydrogens is 352 g/mol. The van der Waals surface area contributed by atoms with Crippen molar-refractivity contribution in [3.63, 3.8) is 0 Å². The molecule has 1 aromatic carbocycles. The highest BCUT2D eigenvalue weighted by Crippen LogP contribution is 2.29. The zero-order valence-corrected chi connectivity index (χ0v) is 15.7. The highest BCUT2D eigenvalue weighted by Gasteiger charge is 2.23. The smallest absolute Gasteiger partial charge is 0.332 e. The van der Waals surface area contributed by atoms with Crippen LogP contribution < -0.4 is 20.7 Å². The van der Waals surface area contributed by atoms with Crippen molar-refractivity contribution in [2.75, 3.05) is 14.2 Å². The molecule has 0 aliphatic rings. The van der Waals surface area contributed by atoms with E-state index in [9.17, 15) is 14.4 Å². The molecule has 9 nitrogen and oxygen atoms in total. The first-order valence-electron chi connectivity index (χ1n) is 8.20. The van der Waals surface area contributed by atoms with Gasteiger partial charge in [0, 0.05) is 19.7 Å². The maximum atomic E-state index is 13.0. The first-order chi connectivity index (χ1) is 12.8. The van der Waals surface area contributed by atoms with Crippen molar-refractivity contribution in [2.24, 2.45) is 14.1 Å². The van der Waals surface area contributed by atoms with Gasteiger partial charge in [0.2, 0.25) is 0 Å². The Labute approximate surface area is 154 Å². The van der Waals surface area contributed by atoms with Gasteiger partial charge >= 0.3 is 5.69 Å². The lowest BCUT2D eigenvalue weighted by molar-refractivity contribution is 0.0936. The molecule has 1 atom stereocenters. The van der Waals surface area contributed by atoms with Crippen molar-refractivity contribution in [1.82, 2.24) is 18.7 Å². The number of Topliss-reactive ketones (excluding diaryl/α,β-unsaturated/α-hetero) is 1. The number of rotatable bonds is 5. The van der Waals surface area contributed by atoms with Crippen LogP contribution in [0.5, 0.6) is 11.5 Å². The van der Waals surface area contributed by atoms with Crippen LogP contribution in [-0.2, 0) is 14.1 Å². The van der Waals surface area contributed by atoms with Crippen molar-refractivity contribution in [3.05, 3.63) is 50.9 Å². The average molecular weight is 372 g/mol. The van der Waals surface area contributed by atoms with Crippen molar-refractivity contribution < 1.29 is 14.3 Å². The highest BCUT2D eigenvalue weighted by atomic mass is 16.5. The number of ether oxygens (including phenoxy) is 2. The van der Waals surface area contributed by atoms with Crippen LogP contribution in [0.25, 0.3) is 11.2 Å². The van der Waals surface area contributed by atoms with Crippen LogP contribution in [-0.4, -0.2) is 38.7 Å². The summed E-state index contributed by atoms with van der Waals surface area (Å²) >= 11 is 0. The third kappa shape index (κ3) is 2.80. The molecule has 0 spiro atoms. The molecule has 27 heavy (non-hydrogen) atoms. The Hall–Kier alpha value is -3.36. The Morgan fingerprint density at radius 2 is 1.74 bits per heavy atom. The van der Waals surface area contributed by atoms with Gasteiger partial charge in [-0.3, -0.25) is 18.7 Å². The van der Waals surface area contributed by atoms with E-state index in [2.05, 4.69) is 4.98 Å². The fraction of sp³-hybridized carbons (Fsp3) is 0.333. The van der Waals surface area contributed by atoms with Crippen molar-refractivity contribution in [2.45, 2.75) is 13.0 Å². The molecule has 0 unspecified atom stereocenters. The monoisotopic (exact) mass is 372 g/mol. The summed E-state index contributed by atoms with van der Waals surface area (Å²) in [6, 6.07) is 4.16. The quantitative estimate of drug-likeness (QED) is 0.617. The molecule has 0 N–H and O–H groups in total. The predicted molar refractivity (Wildman–Crippen MR) is 98.8 cm³/mol. The zero-order chi connectivity index (χ0) is 19.9. The van der Waals surface area contributed by atoms with E-state index >= 15 is 0 Å². The van der Waals surface area contributed by atoms with E-state index in [0.717, 1.165) is 4.57 Å². The van der Waals surface area contributed by atoms with E-state index in [1.807, 2.05) is 0 Å². The minimum atomic E-state index is -0.710. The maximum Gasteiger partial charge on any atom is 0.332 e. The van der Waals surface area contributed by atoms with Gasteiger partial charge in [-0.2, -0.15) is 0 Å². The summed E-state index contributed by atoms with van der Waals surface area (Å²) in [5.74, 6) is 0.717. The zero-order valence-electron chi connectivity index (χ0n) is 15.7. The Balaban J connectivity index is 2.11. The second-order valence-corrected chi connectivity index (χ2v) is 6.14. The lowest BCUT2D eigenvalue weighted by atomic mass is 10.0. The molecule has 2 heterocycles. The number of hydrogen-bond acceptors (Lipinski definition) is 6. The van der Waals surface area contributed by atoms with Gasteiger partial charge in [-0.1, -0.05) is 0 Å². The molecule has 0 bridgehead atoms. The summed E-state index contributed by atoms with van der Waals surface area (Å²) in [4.78, 5) is 41.8. The summed E-state index contributed by atoms with van der Waals surface area (Å²) in [6.07, 6.45) is 1.40. The molecule has 142 valence electrons. The van der Waals surface area contributed by atoms with Crippen LogP contribution >= 0.6 is 0 Å². The number of aryl methyl sites for hydroxylation is 1. The van der Waals surface area contributed by atoms with E-state index in [1.54, 1.807) is 25.1 Å². The molecule has 9 heteroatoms. The molecule has 3 aromatic rings. The Kier molecular flexibility index (Phi) is 4.61. The largest absolute Gasteiger partial charge is 0.493 e. The molecule has 0 radical (unpaired) electrons. The van der Waals surface area contributed by atoms with E-state index in [4.69, 9.17) is 9.47 Å². The standard InChI is InChI=1S/C18H20N4O5/c1-10(15(23)11-6-7-12(26-4)13(8-11)27-5)22-9-19-16-14(22)17(24)21(3)18(25)20(16)2/h6-10H,1-5H3/t10-/m1/s1. The van der Waals surface area contributed by atoms with Gasteiger partial charge in [-0.05, 0) is 25.1 Å². The molecule has 0 aliphatic carbocycles. The average Bonchev–Trinajstić information content (AvgIpc) is 3.14. The molecule has 2 aromatic heterocycles. The number of methoxy groups -OCH3 is 2. The Bertz CT molecular complexity index is 1150. The molecule has 0 saturated carbocycles. The van der Waals surface area contributed by atoms with E-state index in [0.29, 0.717) is 17.1 Å². The van der Waals surface area contributed by atoms with Gasteiger partial charge in [-0.15, -0.1) is 0 Å². The van der Waals surface area contributed by atoms with Gasteiger partial charge in [0.05, 0.1) is 26.6 Å². The fourth-order valence-corrected chi connectivity index (χ4v) is 3.01. The number of ketones is 1. The number of hydrogen-bond donors (Lipinski definition) is 0. The van der Waals surface area contributed by atoms with Gasteiger partial charge in [-0.25, -0.2) is 9.78 Å². The van der Waals surface area contributed by atoms with Gasteiger partial charge in [0.1, 0.15) is 0 Å². The third-order valence-corrected chi connectivity index (χ3v) is 4.64. The molecule has 0 amide bonds. The van der Waals surface area contributed by atoms with Crippen LogP contribution in [0.4, 0.5) is 0 Å². The summed E-state index contributed by atoms with van der Waals surface area (Å²) in [5.41, 5.74) is -0.145. The predicted octanol–water partition coefficient (Wildman–Crippen LogP) is 0.895. The second kappa shape index (κ2) is 6.75. The Morgan fingerprint density at radius 1 is 1.07 bits per heavy atom. The Morgan fingerprint density at radius 3 is 2.37 bits per heavy atom. The number of imidazole rings is 1. The number of carbonyl (C=O) groups is 1. The number of nitrogens with zero attached hydrogens (tertiary/aromatic N) is 4. The number of fused-ring (bicyclic) bond motifs is 1. The van der Waals surface area contributed by atoms with Gasteiger partial charge in [0.15, 0.2) is 28.4 Å². The lowest BCUT2D eigenvalue weighted by Crippen LogP contribution is -2.38. The molecule has 0 saturated heterocycles. The fourth-order valence-electron chi connectivity index (χ4n) is 3.01. The summed E-state index contributed by atoms with van der Waals surface area (Å²) in [5, 5.41) is 0. The van der Waals surface area contributed by atoms with Crippen molar-refractivity contribution in [1.29, 1.82) is 0 Å². The van der Waals surface area contributed by atoms with Crippen LogP contribution in [0, 0.1) is 0 Å². The van der Waals surface area contributed by atoms with E-state index in [1.165, 1.54) is 43.8 Å². The first-order valence-corrected chi connectivity index (χ1v) is 8.20. The summed E-state index contributed by atoms with van der Waals surface area (Å²) in [7, 11) is 5.92. The van der Waals surface area contributed by atoms with Crippen LogP contribution in [0.1, 0.15) is 23.3 Å². The summed E-state index contributed by atoms with van der Waals surface area (Å²) in [6.45, 7) is 1.67. The maximum absolute atomic E-state index is 13.0. The highest BCUT2D eigenvalue weighted by molar-refractivity contribution is 6.00. The van der Waals surface area contributed by atoms with Crippen LogP contribution in [0.3, 0.4) is 0 Å². The van der Waals surface area contributed by atoms with E-state index < -0.39 is 17.3 Å². The normalized spacial score (nSPS) is 12.2. The molecule has 0 fully saturated rings. The van der Waals surface area contributed by atoms with Gasteiger partial charge < -0.3 is 14.0 Å². The number of aromatic nitrogens is 4. The molecule has 0 aliphatic heterocycles. The van der Waals surface area contributed by atoms with Crippen LogP contribution in [0.15, 0.2) is 34.1 Å². The SMILES string of the molecule is COc1ccc(C(=O)[C@@H](C)n2cnc3c2c(=O)n(C)c(=O)n3C)cc1OC. The lowest BCUT2D eigenvalue weighted by Gasteiger charge is -2.15. The van der Waals surface area contributed by atoms with Gasteiger partial charge in [0.25, 0.3) is 5.56 Å². The molecule has 3 rings (SSSR count). The first kappa shape index (κ1) is 18.4. The van der Waals surface area contributed by atoms with Crippen molar-refractivity contribution >= 4 is 16.9 Å². The van der Waals surface area contributed by atoms with Crippen LogP contribution in [0.2, 0.25) is 0 Å². The minimum Gasteiger partial charge on any atom is -0.493 e. The third-order valence-electron chi connectivity index (χ3n) is 4.64.